The van der Waals surface area contributed by atoms with Crippen molar-refractivity contribution >= 4 is 79.1 Å². The first-order valence-electron chi connectivity index (χ1n) is 2.72. The Balaban J connectivity index is 3.46. The third-order valence-corrected chi connectivity index (χ3v) is 4.19. The van der Waals surface area contributed by atoms with Gasteiger partial charge in [0.05, 0.1) is 14.9 Å². The minimum atomic E-state index is 0.782. The van der Waals surface area contributed by atoms with E-state index in [0.29, 0.717) is 0 Å². The van der Waals surface area contributed by atoms with Crippen LogP contribution >= 0.6 is 67.8 Å². The lowest BCUT2D eigenvalue weighted by Gasteiger charge is -2.06. The van der Waals surface area contributed by atoms with E-state index in [-0.39, 0.29) is 0 Å². The molecule has 0 saturated heterocycles. The molecule has 0 radical (unpaired) electrons. The van der Waals surface area contributed by atoms with Gasteiger partial charge in [-0.3, -0.25) is 0 Å². The molecule has 0 unspecified atom stereocenters. The molecule has 5 heteroatoms. The molecular formula is C6H5I3N2. The second-order valence-electron chi connectivity index (χ2n) is 1.98. The lowest BCUT2D eigenvalue weighted by Crippen LogP contribution is -2.00. The van der Waals surface area contributed by atoms with Crippen molar-refractivity contribution in [3.05, 3.63) is 16.8 Å². The first-order valence-corrected chi connectivity index (χ1v) is 5.96. The third-order valence-electron chi connectivity index (χ3n) is 1.24. The molecule has 0 spiro atoms. The zero-order chi connectivity index (χ0) is 8.59. The third kappa shape index (κ3) is 2.02. The highest BCUT2D eigenvalue weighted by molar-refractivity contribution is 14.1. The summed E-state index contributed by atoms with van der Waals surface area (Å²) in [6.45, 7) is 0. The SMILES string of the molecule is Nc1c(I)cc(I)c(N)c1I. The summed E-state index contributed by atoms with van der Waals surface area (Å²) >= 11 is 6.56. The smallest absolute Gasteiger partial charge is 0.0611 e. The van der Waals surface area contributed by atoms with E-state index >= 15 is 0 Å². The summed E-state index contributed by atoms with van der Waals surface area (Å²) in [4.78, 5) is 0. The van der Waals surface area contributed by atoms with Gasteiger partial charge in [0.25, 0.3) is 0 Å². The van der Waals surface area contributed by atoms with Crippen LogP contribution in [0.2, 0.25) is 0 Å². The van der Waals surface area contributed by atoms with E-state index in [4.69, 9.17) is 11.5 Å². The van der Waals surface area contributed by atoms with Crippen LogP contribution in [0.1, 0.15) is 0 Å². The monoisotopic (exact) mass is 486 g/mol. The summed E-state index contributed by atoms with van der Waals surface area (Å²) in [6.07, 6.45) is 0. The van der Waals surface area contributed by atoms with Crippen molar-refractivity contribution in [3.63, 3.8) is 0 Å². The van der Waals surface area contributed by atoms with E-state index in [0.717, 1.165) is 22.1 Å². The number of hydrogen-bond donors (Lipinski definition) is 2. The molecule has 1 aromatic carbocycles. The van der Waals surface area contributed by atoms with Gasteiger partial charge in [-0.2, -0.15) is 0 Å². The Hall–Kier alpha value is 1.01. The fourth-order valence-electron chi connectivity index (χ4n) is 0.622. The van der Waals surface area contributed by atoms with Gasteiger partial charge in [0, 0.05) is 7.14 Å². The summed E-state index contributed by atoms with van der Waals surface area (Å²) in [5.41, 5.74) is 13.1. The molecule has 1 rings (SSSR count). The van der Waals surface area contributed by atoms with Crippen molar-refractivity contribution in [1.29, 1.82) is 0 Å². The van der Waals surface area contributed by atoms with Crippen molar-refractivity contribution in [2.24, 2.45) is 0 Å². The van der Waals surface area contributed by atoms with Gasteiger partial charge < -0.3 is 11.5 Å². The van der Waals surface area contributed by atoms with Crippen LogP contribution in [0.3, 0.4) is 0 Å². The topological polar surface area (TPSA) is 52.0 Å². The van der Waals surface area contributed by atoms with Gasteiger partial charge in [-0.25, -0.2) is 0 Å². The average Bonchev–Trinajstić information content (AvgIpc) is 1.97. The summed E-state index contributed by atoms with van der Waals surface area (Å²) < 4.78 is 3.08. The van der Waals surface area contributed by atoms with Crippen LogP contribution in [0.25, 0.3) is 0 Å². The van der Waals surface area contributed by atoms with Gasteiger partial charge in [-0.15, -0.1) is 0 Å². The fraction of sp³-hybridized carbons (Fsp3) is 0. The Morgan fingerprint density at radius 2 is 1.27 bits per heavy atom. The highest BCUT2D eigenvalue weighted by atomic mass is 127. The van der Waals surface area contributed by atoms with E-state index in [1.807, 2.05) is 6.07 Å². The molecule has 4 N–H and O–H groups in total. The fourth-order valence-corrected chi connectivity index (χ4v) is 3.99. The van der Waals surface area contributed by atoms with Crippen molar-refractivity contribution in [2.75, 3.05) is 11.5 Å². The standard InChI is InChI=1S/C6H5I3N2/c7-2-1-3(8)6(11)4(9)5(2)10/h1H,10-11H2. The number of nitrogens with two attached hydrogens (primary N) is 2. The number of nitrogen functional groups attached to an aromatic ring is 2. The molecule has 0 fully saturated rings. The van der Waals surface area contributed by atoms with Crippen LogP contribution in [0.5, 0.6) is 0 Å². The van der Waals surface area contributed by atoms with Gasteiger partial charge in [0.2, 0.25) is 0 Å². The van der Waals surface area contributed by atoms with Crippen molar-refractivity contribution in [2.45, 2.75) is 0 Å². The highest BCUT2D eigenvalue weighted by Crippen LogP contribution is 2.30. The molecule has 0 saturated carbocycles. The predicted molar refractivity (Wildman–Crippen MR) is 73.4 cm³/mol. The van der Waals surface area contributed by atoms with E-state index in [2.05, 4.69) is 67.8 Å². The molecular weight excluding hydrogens is 481 g/mol. The van der Waals surface area contributed by atoms with Crippen molar-refractivity contribution in [3.8, 4) is 0 Å². The molecule has 0 aromatic heterocycles. The van der Waals surface area contributed by atoms with E-state index < -0.39 is 0 Å². The van der Waals surface area contributed by atoms with Crippen LogP contribution in [-0.2, 0) is 0 Å². The van der Waals surface area contributed by atoms with Crippen molar-refractivity contribution < 1.29 is 0 Å². The second-order valence-corrected chi connectivity index (χ2v) is 5.38. The Kier molecular flexibility index (Phi) is 3.50. The lowest BCUT2D eigenvalue weighted by atomic mass is 10.3. The molecule has 0 heterocycles. The molecule has 0 aliphatic rings. The maximum Gasteiger partial charge on any atom is 0.0611 e. The maximum atomic E-state index is 5.75. The normalized spacial score (nSPS) is 10.1. The molecule has 11 heavy (non-hydrogen) atoms. The molecule has 2 nitrogen and oxygen atoms in total. The minimum absolute atomic E-state index is 0.782. The molecule has 0 aliphatic heterocycles. The number of benzene rings is 1. The highest BCUT2D eigenvalue weighted by Gasteiger charge is 2.07. The number of halogens is 3. The molecule has 1 aromatic rings. The van der Waals surface area contributed by atoms with Gasteiger partial charge in [-0.05, 0) is 73.8 Å². The Morgan fingerprint density at radius 3 is 1.64 bits per heavy atom. The van der Waals surface area contributed by atoms with Crippen LogP contribution in [0.15, 0.2) is 6.07 Å². The van der Waals surface area contributed by atoms with E-state index in [1.54, 1.807) is 0 Å². The quantitative estimate of drug-likeness (QED) is 0.438. The number of anilines is 2. The summed E-state index contributed by atoms with van der Waals surface area (Å²) in [5.74, 6) is 0. The zero-order valence-electron chi connectivity index (χ0n) is 5.37. The lowest BCUT2D eigenvalue weighted by molar-refractivity contribution is 1.53. The van der Waals surface area contributed by atoms with E-state index in [9.17, 15) is 0 Å². The summed E-state index contributed by atoms with van der Waals surface area (Å²) in [6, 6.07) is 1.98. The van der Waals surface area contributed by atoms with E-state index in [1.165, 1.54) is 0 Å². The first-order chi connectivity index (χ1) is 5.04. The Labute approximate surface area is 106 Å². The first kappa shape index (κ1) is 10.1. The summed E-state index contributed by atoms with van der Waals surface area (Å²) in [7, 11) is 0. The van der Waals surface area contributed by atoms with Gasteiger partial charge >= 0.3 is 0 Å². The Bertz CT molecular complexity index is 272. The molecule has 0 atom stereocenters. The maximum absolute atomic E-state index is 5.75. The number of hydrogen-bond acceptors (Lipinski definition) is 2. The number of rotatable bonds is 0. The van der Waals surface area contributed by atoms with Crippen LogP contribution in [0, 0.1) is 10.7 Å². The Morgan fingerprint density at radius 1 is 0.909 bits per heavy atom. The van der Waals surface area contributed by atoms with Gasteiger partial charge in [0.15, 0.2) is 0 Å². The largest absolute Gasteiger partial charge is 0.397 e. The second kappa shape index (κ2) is 3.81. The zero-order valence-corrected chi connectivity index (χ0v) is 11.8. The molecule has 0 amide bonds. The average molecular weight is 486 g/mol. The molecule has 0 aliphatic carbocycles. The van der Waals surface area contributed by atoms with Crippen LogP contribution in [0.4, 0.5) is 11.4 Å². The minimum Gasteiger partial charge on any atom is -0.397 e. The van der Waals surface area contributed by atoms with Gasteiger partial charge in [0.1, 0.15) is 0 Å². The van der Waals surface area contributed by atoms with Crippen molar-refractivity contribution in [1.82, 2.24) is 0 Å². The van der Waals surface area contributed by atoms with Gasteiger partial charge in [-0.1, -0.05) is 0 Å². The summed E-state index contributed by atoms with van der Waals surface area (Å²) in [5, 5.41) is 0. The predicted octanol–water partition coefficient (Wildman–Crippen LogP) is 2.66. The molecule has 0 bridgehead atoms. The molecule has 60 valence electrons. The van der Waals surface area contributed by atoms with Crippen LogP contribution < -0.4 is 11.5 Å². The van der Waals surface area contributed by atoms with Crippen LogP contribution in [-0.4, -0.2) is 0 Å².